The first kappa shape index (κ1) is 12.3. The molecule has 1 heterocycles. The third-order valence-electron chi connectivity index (χ3n) is 3.11. The Hall–Kier alpha value is -2.69. The van der Waals surface area contributed by atoms with Crippen LogP contribution in [-0.2, 0) is 6.54 Å². The summed E-state index contributed by atoms with van der Waals surface area (Å²) < 4.78 is 1.76. The molecule has 0 aliphatic rings. The second kappa shape index (κ2) is 5.52. The molecule has 0 aliphatic carbocycles. The number of hydrogen-bond acceptors (Lipinski definition) is 4. The molecule has 20 heavy (non-hydrogen) atoms. The van der Waals surface area contributed by atoms with Crippen LogP contribution in [0.25, 0.3) is 5.69 Å². The Kier molecular flexibility index (Phi) is 3.41. The molecule has 3 rings (SSSR count). The van der Waals surface area contributed by atoms with Crippen molar-refractivity contribution in [3.63, 3.8) is 0 Å². The van der Waals surface area contributed by atoms with E-state index in [1.54, 1.807) is 4.68 Å². The molecule has 3 aromatic rings. The van der Waals surface area contributed by atoms with Crippen LogP contribution in [0.15, 0.2) is 60.7 Å². The summed E-state index contributed by atoms with van der Waals surface area (Å²) in [6, 6.07) is 20.1. The van der Waals surface area contributed by atoms with Gasteiger partial charge in [-0.25, -0.2) is 0 Å². The van der Waals surface area contributed by atoms with Gasteiger partial charge in [-0.1, -0.05) is 36.4 Å². The van der Waals surface area contributed by atoms with E-state index in [2.05, 4.69) is 32.6 Å². The fourth-order valence-electron chi connectivity index (χ4n) is 2.06. The van der Waals surface area contributed by atoms with Gasteiger partial charge >= 0.3 is 0 Å². The van der Waals surface area contributed by atoms with Gasteiger partial charge < -0.3 is 4.90 Å². The van der Waals surface area contributed by atoms with Crippen LogP contribution in [-0.4, -0.2) is 27.3 Å². The van der Waals surface area contributed by atoms with Gasteiger partial charge in [-0.05, 0) is 34.7 Å². The lowest BCUT2D eigenvalue weighted by Gasteiger charge is -2.18. The van der Waals surface area contributed by atoms with Gasteiger partial charge in [-0.2, -0.15) is 4.68 Å². The maximum Gasteiger partial charge on any atom is 0.175 e. The minimum absolute atomic E-state index is 0.645. The van der Waals surface area contributed by atoms with Crippen molar-refractivity contribution in [3.8, 4) is 5.69 Å². The van der Waals surface area contributed by atoms with E-state index in [0.717, 1.165) is 17.2 Å². The SMILES string of the molecule is CN(Cc1nnnn1-c1ccccc1)c1ccccc1. The lowest BCUT2D eigenvalue weighted by Crippen LogP contribution is -2.19. The molecule has 0 fully saturated rings. The second-order valence-corrected chi connectivity index (χ2v) is 4.53. The third kappa shape index (κ3) is 2.51. The Bertz CT molecular complexity index is 663. The predicted molar refractivity (Wildman–Crippen MR) is 77.7 cm³/mol. The van der Waals surface area contributed by atoms with Crippen molar-refractivity contribution in [1.82, 2.24) is 20.2 Å². The normalized spacial score (nSPS) is 10.4. The zero-order valence-corrected chi connectivity index (χ0v) is 11.2. The second-order valence-electron chi connectivity index (χ2n) is 4.53. The van der Waals surface area contributed by atoms with E-state index in [-0.39, 0.29) is 0 Å². The smallest absolute Gasteiger partial charge is 0.175 e. The first-order valence-electron chi connectivity index (χ1n) is 6.43. The summed E-state index contributed by atoms with van der Waals surface area (Å²) in [5.41, 5.74) is 2.10. The molecule has 0 saturated heterocycles. The number of hydrogen-bond donors (Lipinski definition) is 0. The van der Waals surface area contributed by atoms with E-state index in [0.29, 0.717) is 6.54 Å². The maximum absolute atomic E-state index is 4.12. The van der Waals surface area contributed by atoms with Crippen LogP contribution in [0.5, 0.6) is 0 Å². The molecule has 0 N–H and O–H groups in total. The van der Waals surface area contributed by atoms with Crippen LogP contribution in [0.3, 0.4) is 0 Å². The molecule has 0 bridgehead atoms. The zero-order chi connectivity index (χ0) is 13.8. The van der Waals surface area contributed by atoms with Gasteiger partial charge in [0.25, 0.3) is 0 Å². The Morgan fingerprint density at radius 2 is 1.60 bits per heavy atom. The van der Waals surface area contributed by atoms with Crippen LogP contribution < -0.4 is 4.90 Å². The molecule has 0 saturated carbocycles. The van der Waals surface area contributed by atoms with E-state index < -0.39 is 0 Å². The molecule has 100 valence electrons. The quantitative estimate of drug-likeness (QED) is 0.726. The molecular formula is C15H15N5. The number of benzene rings is 2. The lowest BCUT2D eigenvalue weighted by molar-refractivity contribution is 0.747. The number of rotatable bonds is 4. The first-order chi connectivity index (χ1) is 9.84. The maximum atomic E-state index is 4.12. The van der Waals surface area contributed by atoms with Gasteiger partial charge in [0, 0.05) is 12.7 Å². The van der Waals surface area contributed by atoms with Crippen molar-refractivity contribution >= 4 is 5.69 Å². The number of para-hydroxylation sites is 2. The molecule has 5 heteroatoms. The summed E-state index contributed by atoms with van der Waals surface area (Å²) in [5, 5.41) is 12.0. The van der Waals surface area contributed by atoms with Crippen molar-refractivity contribution in [2.45, 2.75) is 6.54 Å². The van der Waals surface area contributed by atoms with Gasteiger partial charge in [0.05, 0.1) is 12.2 Å². The molecule has 0 unspecified atom stereocenters. The van der Waals surface area contributed by atoms with Crippen LogP contribution in [0.2, 0.25) is 0 Å². The highest BCUT2D eigenvalue weighted by Gasteiger charge is 2.10. The topological polar surface area (TPSA) is 46.8 Å². The van der Waals surface area contributed by atoms with E-state index in [4.69, 9.17) is 0 Å². The van der Waals surface area contributed by atoms with E-state index in [1.165, 1.54) is 0 Å². The summed E-state index contributed by atoms with van der Waals surface area (Å²) in [7, 11) is 2.03. The lowest BCUT2D eigenvalue weighted by atomic mass is 10.3. The minimum Gasteiger partial charge on any atom is -0.367 e. The van der Waals surface area contributed by atoms with Crippen molar-refractivity contribution < 1.29 is 0 Å². The Morgan fingerprint density at radius 1 is 0.950 bits per heavy atom. The Balaban J connectivity index is 1.84. The van der Waals surface area contributed by atoms with E-state index in [1.807, 2.05) is 55.6 Å². The van der Waals surface area contributed by atoms with Crippen LogP contribution in [0.1, 0.15) is 5.82 Å². The molecular weight excluding hydrogens is 250 g/mol. The largest absolute Gasteiger partial charge is 0.367 e. The molecule has 0 aliphatic heterocycles. The van der Waals surface area contributed by atoms with E-state index in [9.17, 15) is 0 Å². The molecule has 0 amide bonds. The number of aromatic nitrogens is 4. The van der Waals surface area contributed by atoms with Gasteiger partial charge in [0.2, 0.25) is 0 Å². The standard InChI is InChI=1S/C15H15N5/c1-19(13-8-4-2-5-9-13)12-15-16-17-18-20(15)14-10-6-3-7-11-14/h2-11H,12H2,1H3. The monoisotopic (exact) mass is 265 g/mol. The molecule has 0 atom stereocenters. The molecule has 1 aromatic heterocycles. The summed E-state index contributed by atoms with van der Waals surface area (Å²) in [6.07, 6.45) is 0. The number of tetrazole rings is 1. The van der Waals surface area contributed by atoms with Gasteiger partial charge in [-0.15, -0.1) is 5.10 Å². The van der Waals surface area contributed by atoms with Gasteiger partial charge in [0.15, 0.2) is 5.82 Å². The highest BCUT2D eigenvalue weighted by Crippen LogP contribution is 2.14. The van der Waals surface area contributed by atoms with E-state index >= 15 is 0 Å². The predicted octanol–water partition coefficient (Wildman–Crippen LogP) is 2.30. The van der Waals surface area contributed by atoms with Crippen molar-refractivity contribution in [3.05, 3.63) is 66.5 Å². The molecule has 2 aromatic carbocycles. The molecule has 0 spiro atoms. The third-order valence-corrected chi connectivity index (χ3v) is 3.11. The highest BCUT2D eigenvalue weighted by atomic mass is 15.5. The van der Waals surface area contributed by atoms with Crippen molar-refractivity contribution in [2.24, 2.45) is 0 Å². The van der Waals surface area contributed by atoms with Crippen LogP contribution in [0, 0.1) is 0 Å². The molecule has 0 radical (unpaired) electrons. The highest BCUT2D eigenvalue weighted by molar-refractivity contribution is 5.45. The van der Waals surface area contributed by atoms with Crippen molar-refractivity contribution in [2.75, 3.05) is 11.9 Å². The van der Waals surface area contributed by atoms with Crippen LogP contribution in [0.4, 0.5) is 5.69 Å². The zero-order valence-electron chi connectivity index (χ0n) is 11.2. The summed E-state index contributed by atoms with van der Waals surface area (Å²) in [5.74, 6) is 0.808. The fraction of sp³-hybridized carbons (Fsp3) is 0.133. The van der Waals surface area contributed by atoms with Crippen LogP contribution >= 0.6 is 0 Å². The summed E-state index contributed by atoms with van der Waals surface area (Å²) >= 11 is 0. The summed E-state index contributed by atoms with van der Waals surface area (Å²) in [4.78, 5) is 2.12. The van der Waals surface area contributed by atoms with Crippen molar-refractivity contribution in [1.29, 1.82) is 0 Å². The average Bonchev–Trinajstić information content (AvgIpc) is 2.97. The Labute approximate surface area is 117 Å². The average molecular weight is 265 g/mol. The Morgan fingerprint density at radius 3 is 2.30 bits per heavy atom. The molecule has 5 nitrogen and oxygen atoms in total. The first-order valence-corrected chi connectivity index (χ1v) is 6.43. The van der Waals surface area contributed by atoms with Gasteiger partial charge in [-0.3, -0.25) is 0 Å². The fourth-order valence-corrected chi connectivity index (χ4v) is 2.06. The summed E-state index contributed by atoms with van der Waals surface area (Å²) in [6.45, 7) is 0.645. The number of nitrogens with zero attached hydrogens (tertiary/aromatic N) is 5. The van der Waals surface area contributed by atoms with Gasteiger partial charge in [0.1, 0.15) is 0 Å². The minimum atomic E-state index is 0.645. The number of anilines is 1.